The second kappa shape index (κ2) is 14.8. The van der Waals surface area contributed by atoms with Crippen LogP contribution in [0.25, 0.3) is 0 Å². The van der Waals surface area contributed by atoms with Crippen molar-refractivity contribution in [3.8, 4) is 5.75 Å². The number of carbonyl (C=O) groups excluding carboxylic acids is 1. The third-order valence-corrected chi connectivity index (χ3v) is 9.65. The summed E-state index contributed by atoms with van der Waals surface area (Å²) in [6, 6.07) is 25.0. The van der Waals surface area contributed by atoms with Crippen molar-refractivity contribution in [1.29, 1.82) is 0 Å². The first-order chi connectivity index (χ1) is 20.4. The molecule has 0 radical (unpaired) electrons. The van der Waals surface area contributed by atoms with Gasteiger partial charge in [-0.3, -0.25) is 4.79 Å². The fraction of sp³-hybridized carbons (Fsp3) is 0.472. The molecule has 0 aliphatic carbocycles. The molecule has 224 valence electrons. The Kier molecular flexibility index (Phi) is 10.9. The molecule has 2 aliphatic rings. The highest BCUT2D eigenvalue weighted by Crippen LogP contribution is 2.38. The molecule has 42 heavy (non-hydrogen) atoms. The van der Waals surface area contributed by atoms with Gasteiger partial charge in [0.25, 0.3) is 0 Å². The largest absolute Gasteiger partial charge is 0.491 e. The Hall–Kier alpha value is -2.53. The van der Waals surface area contributed by atoms with Gasteiger partial charge < -0.3 is 14.5 Å². The fourth-order valence-corrected chi connectivity index (χ4v) is 7.12. The standard InChI is InChI=1S/C36H44Cl2N2O2/c1-26(2)42-31-11-6-10-29(23-31)24-36(41)40-18-7-12-32(30-13-14-33(37)34(38)25-30)35(40)17-21-39-19-15-28(16-20-39)22-27-8-4-3-5-9-27/h3-6,8-11,13-14,23,25-26,28,32,35H,7,12,15-22,24H2,1-2H3. The van der Waals surface area contributed by atoms with Gasteiger partial charge >= 0.3 is 0 Å². The number of ether oxygens (including phenoxy) is 1. The van der Waals surface area contributed by atoms with Crippen LogP contribution in [0.4, 0.5) is 0 Å². The monoisotopic (exact) mass is 606 g/mol. The molecule has 2 fully saturated rings. The average molecular weight is 608 g/mol. The van der Waals surface area contributed by atoms with Crippen LogP contribution >= 0.6 is 23.2 Å². The molecule has 3 aromatic carbocycles. The summed E-state index contributed by atoms with van der Waals surface area (Å²) >= 11 is 12.8. The van der Waals surface area contributed by atoms with E-state index in [1.54, 1.807) is 0 Å². The lowest BCUT2D eigenvalue weighted by molar-refractivity contribution is -0.135. The first-order valence-electron chi connectivity index (χ1n) is 15.6. The minimum atomic E-state index is 0.0952. The van der Waals surface area contributed by atoms with Crippen LogP contribution in [0.2, 0.25) is 10.0 Å². The molecule has 0 aromatic heterocycles. The summed E-state index contributed by atoms with van der Waals surface area (Å²) in [4.78, 5) is 18.7. The molecule has 4 nitrogen and oxygen atoms in total. The normalized spacial score (nSPS) is 20.2. The quantitative estimate of drug-likeness (QED) is 0.232. The molecule has 1 amide bonds. The molecule has 0 N–H and O–H groups in total. The van der Waals surface area contributed by atoms with Gasteiger partial charge in [-0.1, -0.05) is 71.7 Å². The van der Waals surface area contributed by atoms with Crippen molar-refractivity contribution in [3.05, 3.63) is 99.5 Å². The van der Waals surface area contributed by atoms with E-state index in [0.29, 0.717) is 16.5 Å². The van der Waals surface area contributed by atoms with Crippen LogP contribution in [0.5, 0.6) is 5.75 Å². The van der Waals surface area contributed by atoms with E-state index in [1.165, 1.54) is 30.4 Å². The number of hydrogen-bond donors (Lipinski definition) is 0. The Balaban J connectivity index is 1.27. The summed E-state index contributed by atoms with van der Waals surface area (Å²) in [7, 11) is 0. The molecule has 2 heterocycles. The molecule has 6 heteroatoms. The van der Waals surface area contributed by atoms with Crippen molar-refractivity contribution in [2.45, 2.75) is 76.9 Å². The smallest absolute Gasteiger partial charge is 0.227 e. The Morgan fingerprint density at radius 3 is 2.38 bits per heavy atom. The summed E-state index contributed by atoms with van der Waals surface area (Å²) in [6.45, 7) is 8.08. The maximum absolute atomic E-state index is 13.9. The molecule has 2 atom stereocenters. The van der Waals surface area contributed by atoms with E-state index in [2.05, 4.69) is 46.2 Å². The number of piperidine rings is 2. The lowest BCUT2D eigenvalue weighted by Crippen LogP contribution is -2.49. The average Bonchev–Trinajstić information content (AvgIpc) is 2.98. The zero-order chi connectivity index (χ0) is 29.5. The number of hydrogen-bond acceptors (Lipinski definition) is 3. The van der Waals surface area contributed by atoms with Gasteiger partial charge in [0.2, 0.25) is 5.91 Å². The van der Waals surface area contributed by atoms with Crippen molar-refractivity contribution in [2.75, 3.05) is 26.2 Å². The van der Waals surface area contributed by atoms with Crippen LogP contribution in [0.1, 0.15) is 68.6 Å². The Morgan fingerprint density at radius 2 is 1.64 bits per heavy atom. The van der Waals surface area contributed by atoms with Crippen molar-refractivity contribution in [1.82, 2.24) is 9.80 Å². The zero-order valence-corrected chi connectivity index (χ0v) is 26.5. The summed E-state index contributed by atoms with van der Waals surface area (Å²) in [6.07, 6.45) is 7.08. The summed E-state index contributed by atoms with van der Waals surface area (Å²) in [5, 5.41) is 1.15. The summed E-state index contributed by atoms with van der Waals surface area (Å²) in [5.74, 6) is 1.99. The van der Waals surface area contributed by atoms with Gasteiger partial charge in [0.15, 0.2) is 0 Å². The van der Waals surface area contributed by atoms with Crippen molar-refractivity contribution in [2.24, 2.45) is 5.92 Å². The zero-order valence-electron chi connectivity index (χ0n) is 25.0. The molecule has 2 unspecified atom stereocenters. The van der Waals surface area contributed by atoms with Gasteiger partial charge in [-0.2, -0.15) is 0 Å². The van der Waals surface area contributed by atoms with E-state index >= 15 is 0 Å². The van der Waals surface area contributed by atoms with Crippen LogP contribution in [0.3, 0.4) is 0 Å². The van der Waals surface area contributed by atoms with Crippen molar-refractivity contribution < 1.29 is 9.53 Å². The minimum Gasteiger partial charge on any atom is -0.491 e. The third kappa shape index (κ3) is 8.30. The highest BCUT2D eigenvalue weighted by atomic mass is 35.5. The van der Waals surface area contributed by atoms with Crippen LogP contribution in [-0.2, 0) is 17.6 Å². The van der Waals surface area contributed by atoms with E-state index < -0.39 is 0 Å². The van der Waals surface area contributed by atoms with Gasteiger partial charge in [0.05, 0.1) is 22.6 Å². The molecule has 0 spiro atoms. The number of likely N-dealkylation sites (tertiary alicyclic amines) is 2. The molecule has 5 rings (SSSR count). The number of halogens is 2. The molecular formula is C36H44Cl2N2O2. The molecular weight excluding hydrogens is 563 g/mol. The first-order valence-corrected chi connectivity index (χ1v) is 16.4. The molecule has 2 aliphatic heterocycles. The second-order valence-corrected chi connectivity index (χ2v) is 13.1. The molecule has 0 saturated carbocycles. The number of amides is 1. The van der Waals surface area contributed by atoms with Gasteiger partial charge in [-0.05, 0) is 112 Å². The van der Waals surface area contributed by atoms with Crippen molar-refractivity contribution in [3.63, 3.8) is 0 Å². The van der Waals surface area contributed by atoms with Gasteiger partial charge in [0.1, 0.15) is 5.75 Å². The highest BCUT2D eigenvalue weighted by Gasteiger charge is 2.35. The third-order valence-electron chi connectivity index (χ3n) is 8.91. The SMILES string of the molecule is CC(C)Oc1cccc(CC(=O)N2CCCC(c3ccc(Cl)c(Cl)c3)C2CCN2CCC(Cc3ccccc3)CC2)c1. The first kappa shape index (κ1) is 30.9. The summed E-state index contributed by atoms with van der Waals surface area (Å²) in [5.41, 5.74) is 3.62. The number of rotatable bonds is 10. The predicted octanol–water partition coefficient (Wildman–Crippen LogP) is 8.44. The highest BCUT2D eigenvalue weighted by molar-refractivity contribution is 6.42. The number of carbonyl (C=O) groups is 1. The maximum atomic E-state index is 13.9. The lowest BCUT2D eigenvalue weighted by atomic mass is 9.81. The number of nitrogens with zero attached hydrogens (tertiary/aromatic N) is 2. The Morgan fingerprint density at radius 1 is 0.881 bits per heavy atom. The van der Waals surface area contributed by atoms with E-state index in [0.717, 1.165) is 62.7 Å². The van der Waals surface area contributed by atoms with Crippen LogP contribution < -0.4 is 4.74 Å². The number of benzene rings is 3. The van der Waals surface area contributed by atoms with E-state index in [1.807, 2.05) is 50.2 Å². The van der Waals surface area contributed by atoms with Crippen molar-refractivity contribution >= 4 is 29.1 Å². The van der Waals surface area contributed by atoms with E-state index in [-0.39, 0.29) is 24.0 Å². The molecule has 2 saturated heterocycles. The molecule has 0 bridgehead atoms. The van der Waals surface area contributed by atoms with Crippen LogP contribution in [0.15, 0.2) is 72.8 Å². The maximum Gasteiger partial charge on any atom is 0.227 e. The Bertz CT molecular complexity index is 1310. The summed E-state index contributed by atoms with van der Waals surface area (Å²) < 4.78 is 5.89. The second-order valence-electron chi connectivity index (χ2n) is 12.3. The van der Waals surface area contributed by atoms with E-state index in [4.69, 9.17) is 27.9 Å². The fourth-order valence-electron chi connectivity index (χ4n) is 6.81. The lowest BCUT2D eigenvalue weighted by Gasteiger charge is -2.43. The van der Waals surface area contributed by atoms with Crippen LogP contribution in [0, 0.1) is 5.92 Å². The van der Waals surface area contributed by atoms with Gasteiger partial charge in [-0.15, -0.1) is 0 Å². The Labute approximate surface area is 262 Å². The van der Waals surface area contributed by atoms with E-state index in [9.17, 15) is 4.79 Å². The van der Waals surface area contributed by atoms with Crippen LogP contribution in [-0.4, -0.2) is 54.0 Å². The molecule has 3 aromatic rings. The van der Waals surface area contributed by atoms with Gasteiger partial charge in [-0.25, -0.2) is 0 Å². The van der Waals surface area contributed by atoms with Gasteiger partial charge in [0, 0.05) is 25.0 Å². The predicted molar refractivity (Wildman–Crippen MR) is 174 cm³/mol. The topological polar surface area (TPSA) is 32.8 Å². The minimum absolute atomic E-state index is 0.0952.